The monoisotopic (exact) mass is 452 g/mol. The number of hydrogen-bond acceptors (Lipinski definition) is 5. The highest BCUT2D eigenvalue weighted by molar-refractivity contribution is 7.97. The first-order valence-electron chi connectivity index (χ1n) is 11.1. The Morgan fingerprint density at radius 3 is 2.09 bits per heavy atom. The van der Waals surface area contributed by atoms with Gasteiger partial charge in [-0.2, -0.15) is 0 Å². The maximum absolute atomic E-state index is 14.0. The number of aryl methyl sites for hydroxylation is 1. The number of nitrogens with zero attached hydrogens (tertiary/aromatic N) is 2. The minimum atomic E-state index is -4.28. The molecule has 4 rings (SSSR count). The fourth-order valence-electron chi connectivity index (χ4n) is 4.55. The van der Waals surface area contributed by atoms with Gasteiger partial charge >= 0.3 is 0 Å². The molecule has 0 aromatic heterocycles. The Labute approximate surface area is 189 Å². The van der Waals surface area contributed by atoms with E-state index in [-0.39, 0.29) is 29.2 Å². The van der Waals surface area contributed by atoms with E-state index in [1.165, 1.54) is 10.4 Å². The highest BCUT2D eigenvalue weighted by Gasteiger charge is 2.43. The van der Waals surface area contributed by atoms with Crippen molar-refractivity contribution in [3.63, 3.8) is 0 Å². The molecular formula is C25H28N2O4S. The number of allylic oxidation sites excluding steroid dienone is 2. The highest BCUT2D eigenvalue weighted by atomic mass is 32.2. The zero-order valence-corrected chi connectivity index (χ0v) is 19.3. The zero-order chi connectivity index (χ0) is 22.9. The van der Waals surface area contributed by atoms with Crippen molar-refractivity contribution in [2.24, 2.45) is 0 Å². The van der Waals surface area contributed by atoms with Gasteiger partial charge < -0.3 is 4.90 Å². The third kappa shape index (κ3) is 3.86. The van der Waals surface area contributed by atoms with E-state index in [0.717, 1.165) is 31.2 Å². The summed E-state index contributed by atoms with van der Waals surface area (Å²) in [6, 6.07) is 13.7. The van der Waals surface area contributed by atoms with Crippen molar-refractivity contribution >= 4 is 27.3 Å². The fraction of sp³-hybridized carbons (Fsp3) is 0.360. The maximum Gasteiger partial charge on any atom is 0.270 e. The van der Waals surface area contributed by atoms with E-state index in [4.69, 9.17) is 0 Å². The number of anilines is 1. The molecule has 1 saturated heterocycles. The lowest BCUT2D eigenvalue weighted by atomic mass is 9.91. The number of Topliss-reactive ketones (excluding diaryl/α,β-unsaturated/α-hetero) is 2. The highest BCUT2D eigenvalue weighted by Crippen LogP contribution is 2.35. The summed E-state index contributed by atoms with van der Waals surface area (Å²) in [6.45, 7) is 4.89. The van der Waals surface area contributed by atoms with Crippen molar-refractivity contribution in [1.29, 1.82) is 0 Å². The van der Waals surface area contributed by atoms with E-state index in [1.807, 2.05) is 17.9 Å². The van der Waals surface area contributed by atoms with Crippen LogP contribution in [0, 0.1) is 6.92 Å². The summed E-state index contributed by atoms with van der Waals surface area (Å²) in [6.07, 6.45) is 3.76. The van der Waals surface area contributed by atoms with Crippen molar-refractivity contribution in [2.45, 2.75) is 39.5 Å². The van der Waals surface area contributed by atoms with Crippen LogP contribution in [0.25, 0.3) is 0 Å². The molecule has 7 heteroatoms. The van der Waals surface area contributed by atoms with Gasteiger partial charge in [-0.25, -0.2) is 8.42 Å². The quantitative estimate of drug-likeness (QED) is 0.676. The normalized spacial score (nSPS) is 17.2. The smallest absolute Gasteiger partial charge is 0.270 e. The van der Waals surface area contributed by atoms with E-state index < -0.39 is 20.7 Å². The van der Waals surface area contributed by atoms with E-state index in [0.29, 0.717) is 18.8 Å². The summed E-state index contributed by atoms with van der Waals surface area (Å²) in [4.78, 5) is 28.6. The summed E-state index contributed by atoms with van der Waals surface area (Å²) in [5, 5.41) is 0. The van der Waals surface area contributed by atoms with Crippen molar-refractivity contribution in [3.05, 3.63) is 75.8 Å². The van der Waals surface area contributed by atoms with Crippen LogP contribution in [0.2, 0.25) is 0 Å². The van der Waals surface area contributed by atoms with Crippen LogP contribution in [0.1, 0.15) is 58.9 Å². The zero-order valence-electron chi connectivity index (χ0n) is 18.5. The molecular weight excluding hydrogens is 424 g/mol. The summed E-state index contributed by atoms with van der Waals surface area (Å²) in [5.41, 5.74) is 1.84. The van der Waals surface area contributed by atoms with Gasteiger partial charge in [0.1, 0.15) is 5.70 Å². The lowest BCUT2D eigenvalue weighted by molar-refractivity contribution is 0.0947. The molecule has 1 aliphatic heterocycles. The van der Waals surface area contributed by atoms with Crippen LogP contribution in [-0.4, -0.2) is 44.5 Å². The molecule has 0 radical (unpaired) electrons. The molecule has 168 valence electrons. The summed E-state index contributed by atoms with van der Waals surface area (Å²) in [7, 11) is -4.28. The molecule has 1 fully saturated rings. The van der Waals surface area contributed by atoms with Gasteiger partial charge in [0.05, 0.1) is 5.69 Å². The number of carbonyl (C=O) groups excluding carboxylic acids is 2. The molecule has 2 aromatic rings. The maximum atomic E-state index is 14.0. The van der Waals surface area contributed by atoms with Gasteiger partial charge in [0.2, 0.25) is 11.6 Å². The Bertz CT molecular complexity index is 1190. The van der Waals surface area contributed by atoms with Crippen LogP contribution < -0.4 is 4.31 Å². The Balaban J connectivity index is 1.94. The van der Waals surface area contributed by atoms with Gasteiger partial charge in [-0.1, -0.05) is 49.2 Å². The second-order valence-electron chi connectivity index (χ2n) is 8.29. The largest absolute Gasteiger partial charge is 0.367 e. The van der Waals surface area contributed by atoms with Crippen LogP contribution >= 0.6 is 0 Å². The topological polar surface area (TPSA) is 74.8 Å². The molecule has 1 heterocycles. The molecule has 2 aromatic carbocycles. The van der Waals surface area contributed by atoms with E-state index in [9.17, 15) is 18.0 Å². The molecule has 6 nitrogen and oxygen atoms in total. The molecule has 0 amide bonds. The van der Waals surface area contributed by atoms with E-state index >= 15 is 0 Å². The summed E-state index contributed by atoms with van der Waals surface area (Å²) in [5.74, 6) is -0.994. The first-order chi connectivity index (χ1) is 15.4. The average Bonchev–Trinajstić information content (AvgIpc) is 3.05. The Hall–Kier alpha value is -2.93. The number of ketones is 2. The van der Waals surface area contributed by atoms with Gasteiger partial charge in [-0.05, 0) is 44.4 Å². The molecule has 2 aliphatic rings. The van der Waals surface area contributed by atoms with E-state index in [2.05, 4.69) is 0 Å². The Morgan fingerprint density at radius 2 is 1.50 bits per heavy atom. The lowest BCUT2D eigenvalue weighted by Crippen LogP contribution is -2.42. The average molecular weight is 453 g/mol. The number of likely N-dealkylation sites (tertiary alicyclic amines) is 1. The van der Waals surface area contributed by atoms with Gasteiger partial charge in [-0.15, -0.1) is 0 Å². The van der Waals surface area contributed by atoms with Gasteiger partial charge in [-0.3, -0.25) is 13.9 Å². The molecule has 0 bridgehead atoms. The molecule has 0 spiro atoms. The van der Waals surface area contributed by atoms with Gasteiger partial charge in [0, 0.05) is 30.8 Å². The van der Waals surface area contributed by atoms with Crippen LogP contribution in [0.3, 0.4) is 0 Å². The minimum absolute atomic E-state index is 0.0294. The second-order valence-corrected chi connectivity index (χ2v) is 10.1. The van der Waals surface area contributed by atoms with Gasteiger partial charge in [0.15, 0.2) is 4.91 Å². The number of rotatable bonds is 5. The van der Waals surface area contributed by atoms with Crippen molar-refractivity contribution < 1.29 is 18.0 Å². The molecule has 0 saturated carbocycles. The molecule has 0 unspecified atom stereocenters. The summed E-state index contributed by atoms with van der Waals surface area (Å²) >= 11 is 0. The summed E-state index contributed by atoms with van der Waals surface area (Å²) < 4.78 is 29.2. The molecule has 1 aliphatic carbocycles. The molecule has 0 atom stereocenters. The van der Waals surface area contributed by atoms with Crippen LogP contribution in [0.5, 0.6) is 0 Å². The Kier molecular flexibility index (Phi) is 6.20. The van der Waals surface area contributed by atoms with E-state index in [1.54, 1.807) is 43.3 Å². The number of fused-ring (bicyclic) bond motifs is 1. The molecule has 32 heavy (non-hydrogen) atoms. The minimum Gasteiger partial charge on any atom is -0.367 e. The standard InChI is InChI=1S/C25H28N2O4S/c1-3-27(19-12-10-11-18(2)17-19)32(30,31)25-22(26-15-8-4-5-9-16-26)23(28)20-13-6-7-14-21(20)24(25)29/h6-7,10-14,17H,3-5,8-9,15-16H2,1-2H3. The SMILES string of the molecule is CCN(c1cccc(C)c1)S(=O)(=O)C1=C(N2CCCCCC2)C(=O)c2ccccc2C1=O. The predicted octanol–water partition coefficient (Wildman–Crippen LogP) is 4.32. The lowest BCUT2D eigenvalue weighted by Gasteiger charge is -2.32. The third-order valence-electron chi connectivity index (χ3n) is 6.10. The van der Waals surface area contributed by atoms with Gasteiger partial charge in [0.25, 0.3) is 10.0 Å². The third-order valence-corrected chi connectivity index (χ3v) is 8.04. The fourth-order valence-corrected chi connectivity index (χ4v) is 6.31. The number of hydrogen-bond donors (Lipinski definition) is 0. The number of benzene rings is 2. The molecule has 0 N–H and O–H groups in total. The first kappa shape index (κ1) is 22.3. The van der Waals surface area contributed by atoms with Crippen LogP contribution in [0.15, 0.2) is 59.1 Å². The van der Waals surface area contributed by atoms with Crippen molar-refractivity contribution in [2.75, 3.05) is 23.9 Å². The number of carbonyl (C=O) groups is 2. The number of sulfonamides is 1. The van der Waals surface area contributed by atoms with Crippen LogP contribution in [-0.2, 0) is 10.0 Å². The van der Waals surface area contributed by atoms with Crippen molar-refractivity contribution in [1.82, 2.24) is 4.90 Å². The van der Waals surface area contributed by atoms with Crippen LogP contribution in [0.4, 0.5) is 5.69 Å². The second kappa shape index (κ2) is 8.90. The van der Waals surface area contributed by atoms with Crippen molar-refractivity contribution in [3.8, 4) is 0 Å². The predicted molar refractivity (Wildman–Crippen MR) is 125 cm³/mol. The first-order valence-corrected chi connectivity index (χ1v) is 12.6. The Morgan fingerprint density at radius 1 is 0.875 bits per heavy atom.